The number of H-pyrrole nitrogens is 1. The molecular weight excluding hydrogens is 288 g/mol. The summed E-state index contributed by atoms with van der Waals surface area (Å²) in [6, 6.07) is 6.51. The van der Waals surface area contributed by atoms with E-state index in [1.54, 1.807) is 31.2 Å². The number of sulfonamides is 1. The van der Waals surface area contributed by atoms with Crippen LogP contribution in [-0.2, 0) is 10.0 Å². The summed E-state index contributed by atoms with van der Waals surface area (Å²) in [6.45, 7) is 1.73. The van der Waals surface area contributed by atoms with Gasteiger partial charge in [-0.25, -0.2) is 13.1 Å². The Morgan fingerprint density at radius 2 is 2.00 bits per heavy atom. The van der Waals surface area contributed by atoms with Gasteiger partial charge in [0.15, 0.2) is 0 Å². The van der Waals surface area contributed by atoms with Gasteiger partial charge in [-0.3, -0.25) is 5.10 Å². The number of benzene rings is 1. The van der Waals surface area contributed by atoms with Crippen molar-refractivity contribution in [2.75, 3.05) is 5.73 Å². The molecule has 0 aliphatic rings. The van der Waals surface area contributed by atoms with Crippen molar-refractivity contribution in [3.63, 3.8) is 0 Å². The number of nitrogen functional groups attached to an aromatic ring is 1. The monoisotopic (exact) mass is 300 g/mol. The third-order valence-corrected chi connectivity index (χ3v) is 4.44. The molecule has 4 N–H and O–H groups in total. The molecule has 0 bridgehead atoms. The quantitative estimate of drug-likeness (QED) is 0.799. The smallest absolute Gasteiger partial charge is 0.246 e. The molecule has 1 atom stereocenters. The minimum Gasteiger partial charge on any atom is -0.383 e. The van der Waals surface area contributed by atoms with Gasteiger partial charge in [0.1, 0.15) is 10.7 Å². The van der Waals surface area contributed by atoms with E-state index >= 15 is 0 Å². The summed E-state index contributed by atoms with van der Waals surface area (Å²) < 4.78 is 26.7. The molecule has 2 rings (SSSR count). The van der Waals surface area contributed by atoms with Crippen molar-refractivity contribution in [1.29, 1.82) is 0 Å². The van der Waals surface area contributed by atoms with Crippen molar-refractivity contribution in [1.82, 2.24) is 14.9 Å². The fourth-order valence-electron chi connectivity index (χ4n) is 1.61. The Balaban J connectivity index is 2.21. The molecule has 1 aromatic heterocycles. The number of hydrogen-bond donors (Lipinski definition) is 3. The molecule has 19 heavy (non-hydrogen) atoms. The number of nitrogens with two attached hydrogens (primary N) is 1. The van der Waals surface area contributed by atoms with Crippen LogP contribution in [0.15, 0.2) is 35.4 Å². The Hall–Kier alpha value is -1.57. The lowest BCUT2D eigenvalue weighted by Gasteiger charge is -2.14. The lowest BCUT2D eigenvalue weighted by molar-refractivity contribution is 0.567. The van der Waals surface area contributed by atoms with Gasteiger partial charge >= 0.3 is 0 Å². The molecule has 0 aliphatic carbocycles. The normalized spacial score (nSPS) is 13.4. The Morgan fingerprint density at radius 1 is 1.37 bits per heavy atom. The van der Waals surface area contributed by atoms with Gasteiger partial charge in [0.2, 0.25) is 10.0 Å². The van der Waals surface area contributed by atoms with E-state index in [0.717, 1.165) is 5.56 Å². The van der Waals surface area contributed by atoms with Crippen LogP contribution in [0.4, 0.5) is 5.82 Å². The van der Waals surface area contributed by atoms with Gasteiger partial charge in [-0.05, 0) is 24.6 Å². The van der Waals surface area contributed by atoms with Crippen LogP contribution < -0.4 is 10.5 Å². The first-order valence-electron chi connectivity index (χ1n) is 5.47. The molecular formula is C11H13ClN4O2S. The maximum Gasteiger partial charge on any atom is 0.246 e. The minimum absolute atomic E-state index is 0.0100. The lowest BCUT2D eigenvalue weighted by atomic mass is 10.1. The van der Waals surface area contributed by atoms with Gasteiger partial charge in [0.25, 0.3) is 0 Å². The van der Waals surface area contributed by atoms with Crippen LogP contribution >= 0.6 is 11.6 Å². The number of halogens is 1. The first kappa shape index (κ1) is 13.9. The van der Waals surface area contributed by atoms with Gasteiger partial charge in [0.05, 0.1) is 6.20 Å². The number of nitrogens with one attached hydrogen (secondary N) is 2. The standard InChI is InChI=1S/C11H13ClN4O2S/c1-7(8-2-4-9(12)5-3-8)16-19(17,18)10-6-14-15-11(10)13/h2-7,16H,1H3,(H3,13,14,15). The van der Waals surface area contributed by atoms with E-state index in [9.17, 15) is 8.42 Å². The Labute approximate surface area is 116 Å². The fourth-order valence-corrected chi connectivity index (χ4v) is 3.00. The highest BCUT2D eigenvalue weighted by molar-refractivity contribution is 7.89. The van der Waals surface area contributed by atoms with Crippen molar-refractivity contribution in [3.8, 4) is 0 Å². The first-order chi connectivity index (χ1) is 8.90. The molecule has 8 heteroatoms. The largest absolute Gasteiger partial charge is 0.383 e. The van der Waals surface area contributed by atoms with Crippen LogP contribution in [0.3, 0.4) is 0 Å². The van der Waals surface area contributed by atoms with Gasteiger partial charge in [-0.1, -0.05) is 23.7 Å². The highest BCUT2D eigenvalue weighted by Crippen LogP contribution is 2.20. The lowest BCUT2D eigenvalue weighted by Crippen LogP contribution is -2.27. The molecule has 2 aromatic rings. The average molecular weight is 301 g/mol. The molecule has 0 saturated heterocycles. The molecule has 102 valence electrons. The summed E-state index contributed by atoms with van der Waals surface area (Å²) >= 11 is 5.78. The van der Waals surface area contributed by atoms with Crippen molar-refractivity contribution in [3.05, 3.63) is 41.0 Å². The predicted octanol–water partition coefficient (Wildman–Crippen LogP) is 1.68. The zero-order chi connectivity index (χ0) is 14.0. The molecule has 0 spiro atoms. The molecule has 0 radical (unpaired) electrons. The summed E-state index contributed by atoms with van der Waals surface area (Å²) in [5.41, 5.74) is 6.31. The third kappa shape index (κ3) is 3.06. The second-order valence-corrected chi connectivity index (χ2v) is 6.16. The maximum atomic E-state index is 12.1. The van der Waals surface area contributed by atoms with Crippen molar-refractivity contribution < 1.29 is 8.42 Å². The van der Waals surface area contributed by atoms with Crippen LogP contribution in [0, 0.1) is 0 Å². The van der Waals surface area contributed by atoms with Crippen molar-refractivity contribution in [2.24, 2.45) is 0 Å². The number of aromatic nitrogens is 2. The van der Waals surface area contributed by atoms with Crippen LogP contribution in [0.5, 0.6) is 0 Å². The molecule has 1 heterocycles. The Morgan fingerprint density at radius 3 is 2.53 bits per heavy atom. The Bertz CT molecular complexity index is 666. The van der Waals surface area contributed by atoms with Crippen molar-refractivity contribution >= 4 is 27.4 Å². The first-order valence-corrected chi connectivity index (χ1v) is 7.33. The minimum atomic E-state index is -3.71. The number of hydrogen-bond acceptors (Lipinski definition) is 4. The van der Waals surface area contributed by atoms with E-state index in [1.807, 2.05) is 0 Å². The van der Waals surface area contributed by atoms with E-state index in [2.05, 4.69) is 14.9 Å². The Kier molecular flexibility index (Phi) is 3.79. The molecule has 0 aliphatic heterocycles. The summed E-state index contributed by atoms with van der Waals surface area (Å²) in [4.78, 5) is -0.0617. The SMILES string of the molecule is CC(NS(=O)(=O)c1cn[nH]c1N)c1ccc(Cl)cc1. The molecule has 0 saturated carbocycles. The van der Waals surface area contributed by atoms with E-state index in [4.69, 9.17) is 17.3 Å². The van der Waals surface area contributed by atoms with Crippen molar-refractivity contribution in [2.45, 2.75) is 17.9 Å². The van der Waals surface area contributed by atoms with Crippen LogP contribution in [-0.4, -0.2) is 18.6 Å². The third-order valence-electron chi connectivity index (χ3n) is 2.62. The van der Waals surface area contributed by atoms with E-state index in [-0.39, 0.29) is 10.7 Å². The second-order valence-electron chi connectivity index (χ2n) is 4.04. The summed E-state index contributed by atoms with van der Waals surface area (Å²) in [5, 5.41) is 6.57. The van der Waals surface area contributed by atoms with E-state index in [1.165, 1.54) is 6.20 Å². The van der Waals surface area contributed by atoms with Crippen LogP contribution in [0.25, 0.3) is 0 Å². The zero-order valence-electron chi connectivity index (χ0n) is 10.1. The van der Waals surface area contributed by atoms with Crippen LogP contribution in [0.2, 0.25) is 5.02 Å². The van der Waals surface area contributed by atoms with E-state index < -0.39 is 16.1 Å². The summed E-state index contributed by atoms with van der Waals surface area (Å²) in [5.74, 6) is 0.0100. The number of anilines is 1. The maximum absolute atomic E-state index is 12.1. The van der Waals surface area contributed by atoms with Crippen LogP contribution in [0.1, 0.15) is 18.5 Å². The molecule has 1 aromatic carbocycles. The summed E-state index contributed by atoms with van der Waals surface area (Å²) in [6.07, 6.45) is 1.17. The molecule has 6 nitrogen and oxygen atoms in total. The molecule has 1 unspecified atom stereocenters. The number of rotatable bonds is 4. The summed E-state index contributed by atoms with van der Waals surface area (Å²) in [7, 11) is -3.71. The van der Waals surface area contributed by atoms with Gasteiger partial charge in [-0.15, -0.1) is 0 Å². The second kappa shape index (κ2) is 5.20. The highest BCUT2D eigenvalue weighted by atomic mass is 35.5. The zero-order valence-corrected chi connectivity index (χ0v) is 11.7. The topological polar surface area (TPSA) is 101 Å². The van der Waals surface area contributed by atoms with Gasteiger partial charge < -0.3 is 5.73 Å². The highest BCUT2D eigenvalue weighted by Gasteiger charge is 2.22. The van der Waals surface area contributed by atoms with Gasteiger partial charge in [0, 0.05) is 11.1 Å². The predicted molar refractivity (Wildman–Crippen MR) is 73.2 cm³/mol. The number of aromatic amines is 1. The fraction of sp³-hybridized carbons (Fsp3) is 0.182. The van der Waals surface area contributed by atoms with Gasteiger partial charge in [-0.2, -0.15) is 5.10 Å². The average Bonchev–Trinajstić information content (AvgIpc) is 2.76. The molecule has 0 amide bonds. The number of nitrogens with zero attached hydrogens (tertiary/aromatic N) is 1. The van der Waals surface area contributed by atoms with E-state index in [0.29, 0.717) is 5.02 Å². The molecule has 0 fully saturated rings.